The van der Waals surface area contributed by atoms with Crippen molar-refractivity contribution in [3.8, 4) is 0 Å². The van der Waals surface area contributed by atoms with E-state index in [-0.39, 0.29) is 5.75 Å². The van der Waals surface area contributed by atoms with Crippen LogP contribution in [0.4, 0.5) is 0 Å². The molecule has 0 fully saturated rings. The van der Waals surface area contributed by atoms with Gasteiger partial charge in [0.25, 0.3) is 0 Å². The molecule has 0 heterocycles. The number of carbonyl (C=O) groups is 5. The summed E-state index contributed by atoms with van der Waals surface area (Å²) >= 11 is 3.81. The molecule has 172 valence electrons. The molecule has 0 radical (unpaired) electrons. The molecule has 0 aliphatic rings. The van der Waals surface area contributed by atoms with Gasteiger partial charge in [-0.1, -0.05) is 0 Å². The highest BCUT2D eigenvalue weighted by Gasteiger charge is 2.31. The van der Waals surface area contributed by atoms with Gasteiger partial charge in [0.2, 0.25) is 23.6 Å². The van der Waals surface area contributed by atoms with E-state index >= 15 is 0 Å². The molecule has 0 bridgehead atoms. The molecule has 0 aromatic rings. The van der Waals surface area contributed by atoms with Crippen LogP contribution < -0.4 is 27.0 Å². The summed E-state index contributed by atoms with van der Waals surface area (Å²) in [5.74, 6) is -4.84. The summed E-state index contributed by atoms with van der Waals surface area (Å²) in [6, 6.07) is -6.27. The fourth-order valence-corrected chi connectivity index (χ4v) is 2.25. The van der Waals surface area contributed by atoms with Gasteiger partial charge in [-0.3, -0.25) is 19.2 Å². The summed E-state index contributed by atoms with van der Waals surface area (Å²) in [6.45, 7) is 3.23. The van der Waals surface area contributed by atoms with Crippen LogP contribution in [0.1, 0.15) is 20.8 Å². The lowest BCUT2D eigenvalue weighted by Crippen LogP contribution is -2.60. The molecule has 0 saturated carbocycles. The smallest absolute Gasteiger partial charge is 0.327 e. The second kappa shape index (κ2) is 13.0. The van der Waals surface area contributed by atoms with E-state index < -0.39 is 72.5 Å². The number of nitrogens with two attached hydrogens (primary N) is 1. The van der Waals surface area contributed by atoms with Crippen LogP contribution in [-0.4, -0.2) is 93.6 Å². The number of aliphatic hydroxyl groups is 2. The quantitative estimate of drug-likeness (QED) is 0.131. The van der Waals surface area contributed by atoms with E-state index in [4.69, 9.17) is 15.9 Å². The maximum Gasteiger partial charge on any atom is 0.327 e. The van der Waals surface area contributed by atoms with Crippen LogP contribution in [0.2, 0.25) is 0 Å². The molecule has 0 saturated heterocycles. The van der Waals surface area contributed by atoms with Crippen molar-refractivity contribution in [1.82, 2.24) is 21.3 Å². The fraction of sp³-hybridized carbons (Fsp3) is 0.688. The highest BCUT2D eigenvalue weighted by Crippen LogP contribution is 1.98. The minimum atomic E-state index is -1.49. The molecule has 0 rings (SSSR count). The Morgan fingerprint density at radius 2 is 1.33 bits per heavy atom. The molecule has 9 N–H and O–H groups in total. The summed E-state index contributed by atoms with van der Waals surface area (Å²) in [5.41, 5.74) is 5.33. The zero-order chi connectivity index (χ0) is 23.6. The summed E-state index contributed by atoms with van der Waals surface area (Å²) < 4.78 is 0. The van der Waals surface area contributed by atoms with Crippen LogP contribution in [-0.2, 0) is 24.0 Å². The third kappa shape index (κ3) is 8.94. The van der Waals surface area contributed by atoms with Gasteiger partial charge in [-0.2, -0.15) is 12.6 Å². The number of carbonyl (C=O) groups excluding carboxylic acids is 4. The Bertz CT molecular complexity index is 647. The van der Waals surface area contributed by atoms with E-state index in [1.807, 2.05) is 0 Å². The van der Waals surface area contributed by atoms with Crippen LogP contribution >= 0.6 is 12.6 Å². The van der Waals surface area contributed by atoms with Crippen molar-refractivity contribution in [3.05, 3.63) is 0 Å². The number of amides is 4. The van der Waals surface area contributed by atoms with E-state index in [1.165, 1.54) is 20.8 Å². The number of carboxylic acid groups (broad SMARTS) is 1. The number of thiol groups is 1. The van der Waals surface area contributed by atoms with Crippen molar-refractivity contribution in [2.45, 2.75) is 57.1 Å². The largest absolute Gasteiger partial charge is 0.480 e. The Morgan fingerprint density at radius 1 is 0.867 bits per heavy atom. The second-order valence-electron chi connectivity index (χ2n) is 6.56. The van der Waals surface area contributed by atoms with Crippen LogP contribution in [0.5, 0.6) is 0 Å². The first-order valence-electron chi connectivity index (χ1n) is 8.95. The van der Waals surface area contributed by atoms with E-state index in [9.17, 15) is 29.1 Å². The molecule has 0 unspecified atom stereocenters. The van der Waals surface area contributed by atoms with Gasteiger partial charge >= 0.3 is 5.97 Å². The molecular weight excluding hydrogens is 422 g/mol. The number of carboxylic acids is 1. The highest BCUT2D eigenvalue weighted by molar-refractivity contribution is 7.80. The average molecular weight is 452 g/mol. The predicted molar refractivity (Wildman–Crippen MR) is 107 cm³/mol. The SMILES string of the molecule is C[C@H](NC(=O)[C@H](C)NC(=O)[C@@H](N)CO)C(=O)N[C@H](C(=O)N[C@@H](CS)C(=O)O)[C@@H](C)O. The van der Waals surface area contributed by atoms with Gasteiger partial charge in [0, 0.05) is 5.75 Å². The number of aliphatic carboxylic acids is 1. The van der Waals surface area contributed by atoms with Gasteiger partial charge in [0.1, 0.15) is 30.2 Å². The Morgan fingerprint density at radius 3 is 1.73 bits per heavy atom. The monoisotopic (exact) mass is 451 g/mol. The van der Waals surface area contributed by atoms with Crippen molar-refractivity contribution >= 4 is 42.2 Å². The van der Waals surface area contributed by atoms with Crippen LogP contribution in [0.25, 0.3) is 0 Å². The summed E-state index contributed by atoms with van der Waals surface area (Å²) in [6.07, 6.45) is -1.37. The summed E-state index contributed by atoms with van der Waals surface area (Å²) in [7, 11) is 0. The first kappa shape index (κ1) is 27.6. The maximum atomic E-state index is 12.3. The van der Waals surface area contributed by atoms with E-state index in [2.05, 4.69) is 33.9 Å². The van der Waals surface area contributed by atoms with Crippen molar-refractivity contribution in [2.75, 3.05) is 12.4 Å². The Hall–Kier alpha value is -2.42. The second-order valence-corrected chi connectivity index (χ2v) is 6.92. The van der Waals surface area contributed by atoms with Crippen molar-refractivity contribution < 1.29 is 39.3 Å². The molecule has 0 spiro atoms. The van der Waals surface area contributed by atoms with Crippen molar-refractivity contribution in [2.24, 2.45) is 5.73 Å². The predicted octanol–water partition coefficient (Wildman–Crippen LogP) is -4.32. The maximum absolute atomic E-state index is 12.3. The lowest BCUT2D eigenvalue weighted by Gasteiger charge is -2.25. The minimum absolute atomic E-state index is 0.211. The summed E-state index contributed by atoms with van der Waals surface area (Å²) in [4.78, 5) is 59.2. The van der Waals surface area contributed by atoms with E-state index in [0.717, 1.165) is 0 Å². The summed E-state index contributed by atoms with van der Waals surface area (Å²) in [5, 5.41) is 36.5. The number of nitrogens with one attached hydrogen (secondary N) is 4. The molecule has 0 aliphatic heterocycles. The average Bonchev–Trinajstić information content (AvgIpc) is 2.67. The first-order chi connectivity index (χ1) is 13.8. The fourth-order valence-electron chi connectivity index (χ4n) is 2.00. The van der Waals surface area contributed by atoms with Crippen LogP contribution in [0.15, 0.2) is 0 Å². The third-order valence-corrected chi connectivity index (χ3v) is 4.26. The Balaban J connectivity index is 4.93. The van der Waals surface area contributed by atoms with E-state index in [0.29, 0.717) is 0 Å². The Labute approximate surface area is 178 Å². The number of hydrogen-bond donors (Lipinski definition) is 9. The van der Waals surface area contributed by atoms with Gasteiger partial charge in [-0.25, -0.2) is 4.79 Å². The molecule has 6 atom stereocenters. The molecule has 0 aliphatic carbocycles. The molecular formula is C16H29N5O8S. The number of aliphatic hydroxyl groups excluding tert-OH is 2. The first-order valence-corrected chi connectivity index (χ1v) is 9.58. The van der Waals surface area contributed by atoms with Gasteiger partial charge < -0.3 is 42.3 Å². The van der Waals surface area contributed by atoms with Gasteiger partial charge in [-0.15, -0.1) is 0 Å². The molecule has 30 heavy (non-hydrogen) atoms. The molecule has 14 heteroatoms. The number of rotatable bonds is 12. The minimum Gasteiger partial charge on any atom is -0.480 e. The topological polar surface area (TPSA) is 220 Å². The van der Waals surface area contributed by atoms with Gasteiger partial charge in [0.15, 0.2) is 0 Å². The number of hydrogen-bond acceptors (Lipinski definition) is 9. The van der Waals surface area contributed by atoms with Crippen molar-refractivity contribution in [1.29, 1.82) is 0 Å². The van der Waals surface area contributed by atoms with Gasteiger partial charge in [-0.05, 0) is 20.8 Å². The zero-order valence-corrected chi connectivity index (χ0v) is 17.7. The molecule has 0 aromatic heterocycles. The molecule has 0 aromatic carbocycles. The molecule has 4 amide bonds. The Kier molecular flexibility index (Phi) is 11.9. The normalized spacial score (nSPS) is 16.8. The third-order valence-electron chi connectivity index (χ3n) is 3.90. The van der Waals surface area contributed by atoms with Crippen LogP contribution in [0.3, 0.4) is 0 Å². The standard InChI is InChI=1S/C16H29N5O8S/c1-6(19-14(26)9(17)4-22)12(24)18-7(2)13(25)21-11(8(3)23)15(27)20-10(5-30)16(28)29/h6-11,22-23,30H,4-5,17H2,1-3H3,(H,18,24)(H,19,26)(H,20,27)(H,21,25)(H,28,29)/t6-,7-,8+,9-,10-,11-/m0/s1. The lowest BCUT2D eigenvalue weighted by atomic mass is 10.1. The lowest BCUT2D eigenvalue weighted by molar-refractivity contribution is -0.142. The molecule has 13 nitrogen and oxygen atoms in total. The van der Waals surface area contributed by atoms with Gasteiger partial charge in [0.05, 0.1) is 12.7 Å². The van der Waals surface area contributed by atoms with Crippen molar-refractivity contribution in [3.63, 3.8) is 0 Å². The van der Waals surface area contributed by atoms with E-state index in [1.54, 1.807) is 0 Å². The highest BCUT2D eigenvalue weighted by atomic mass is 32.1. The van der Waals surface area contributed by atoms with Crippen LogP contribution in [0, 0.1) is 0 Å². The zero-order valence-electron chi connectivity index (χ0n) is 16.8.